The van der Waals surface area contributed by atoms with Gasteiger partial charge in [0, 0.05) is 18.2 Å². The van der Waals surface area contributed by atoms with Crippen molar-refractivity contribution in [2.75, 3.05) is 26.7 Å². The van der Waals surface area contributed by atoms with Gasteiger partial charge in [0.25, 0.3) is 5.91 Å². The molecule has 0 bridgehead atoms. The Morgan fingerprint density at radius 1 is 1.53 bits per heavy atom. The number of carbonyl (C=O) groups is 1. The van der Waals surface area contributed by atoms with Gasteiger partial charge in [-0.25, -0.2) is 0 Å². The van der Waals surface area contributed by atoms with Gasteiger partial charge in [-0.15, -0.1) is 0 Å². The number of nitrogens with zero attached hydrogens (tertiary/aromatic N) is 1. The van der Waals surface area contributed by atoms with Crippen LogP contribution < -0.4 is 11.1 Å². The highest BCUT2D eigenvalue weighted by atomic mass is 16.1. The molecule has 1 aliphatic heterocycles. The third kappa shape index (κ3) is 4.04. The van der Waals surface area contributed by atoms with Crippen LogP contribution >= 0.6 is 0 Å². The maximum absolute atomic E-state index is 12.2. The monoisotopic (exact) mass is 261 g/mol. The molecule has 0 aromatic heterocycles. The molecule has 4 nitrogen and oxygen atoms in total. The molecular weight excluding hydrogens is 238 g/mol. The van der Waals surface area contributed by atoms with E-state index in [4.69, 9.17) is 5.73 Å². The van der Waals surface area contributed by atoms with Gasteiger partial charge in [0.05, 0.1) is 0 Å². The van der Waals surface area contributed by atoms with Crippen LogP contribution in [0.5, 0.6) is 0 Å². The SMILES string of the molecule is CN1CCCC(NC(=O)c2cccc(CCN)c2)C1. The minimum atomic E-state index is 0.0270. The Labute approximate surface area is 115 Å². The molecule has 1 saturated heterocycles. The van der Waals surface area contributed by atoms with Crippen LogP contribution in [0.3, 0.4) is 0 Å². The summed E-state index contributed by atoms with van der Waals surface area (Å²) in [6, 6.07) is 8.01. The van der Waals surface area contributed by atoms with Gasteiger partial charge in [-0.1, -0.05) is 12.1 Å². The topological polar surface area (TPSA) is 58.4 Å². The minimum absolute atomic E-state index is 0.0270. The summed E-state index contributed by atoms with van der Waals surface area (Å²) in [5.41, 5.74) is 7.40. The van der Waals surface area contributed by atoms with Crippen LogP contribution in [0.2, 0.25) is 0 Å². The van der Waals surface area contributed by atoms with Crippen LogP contribution in [-0.2, 0) is 6.42 Å². The Hall–Kier alpha value is -1.39. The molecule has 104 valence electrons. The number of benzene rings is 1. The Morgan fingerprint density at radius 3 is 3.11 bits per heavy atom. The molecule has 19 heavy (non-hydrogen) atoms. The third-order valence-electron chi connectivity index (χ3n) is 3.58. The number of hydrogen-bond acceptors (Lipinski definition) is 3. The molecule has 1 amide bonds. The molecule has 1 aliphatic rings. The number of rotatable bonds is 4. The molecule has 2 rings (SSSR count). The van der Waals surface area contributed by atoms with E-state index in [2.05, 4.69) is 17.3 Å². The fraction of sp³-hybridized carbons (Fsp3) is 0.533. The van der Waals surface area contributed by atoms with E-state index in [9.17, 15) is 4.79 Å². The van der Waals surface area contributed by atoms with E-state index in [0.717, 1.165) is 43.5 Å². The molecule has 1 atom stereocenters. The van der Waals surface area contributed by atoms with Crippen molar-refractivity contribution in [1.82, 2.24) is 10.2 Å². The molecule has 1 unspecified atom stereocenters. The Bertz CT molecular complexity index is 433. The lowest BCUT2D eigenvalue weighted by Gasteiger charge is -2.30. The largest absolute Gasteiger partial charge is 0.348 e. The van der Waals surface area contributed by atoms with Crippen molar-refractivity contribution in [2.45, 2.75) is 25.3 Å². The predicted molar refractivity (Wildman–Crippen MR) is 77.2 cm³/mol. The van der Waals surface area contributed by atoms with E-state index >= 15 is 0 Å². The summed E-state index contributed by atoms with van der Waals surface area (Å²) in [4.78, 5) is 14.5. The number of hydrogen-bond donors (Lipinski definition) is 2. The molecule has 1 fully saturated rings. The fourth-order valence-electron chi connectivity index (χ4n) is 2.59. The van der Waals surface area contributed by atoms with Gasteiger partial charge in [0.2, 0.25) is 0 Å². The lowest BCUT2D eigenvalue weighted by atomic mass is 10.0. The van der Waals surface area contributed by atoms with Crippen molar-refractivity contribution in [3.8, 4) is 0 Å². The molecule has 0 radical (unpaired) electrons. The maximum atomic E-state index is 12.2. The number of nitrogens with two attached hydrogens (primary N) is 1. The van der Waals surface area contributed by atoms with E-state index in [1.165, 1.54) is 0 Å². The minimum Gasteiger partial charge on any atom is -0.348 e. The molecule has 0 aliphatic carbocycles. The number of likely N-dealkylation sites (tertiary alicyclic amines) is 1. The maximum Gasteiger partial charge on any atom is 0.251 e. The molecule has 3 N–H and O–H groups in total. The predicted octanol–water partition coefficient (Wildman–Crippen LogP) is 1.01. The van der Waals surface area contributed by atoms with Gasteiger partial charge in [0.1, 0.15) is 0 Å². The van der Waals surface area contributed by atoms with Crippen molar-refractivity contribution in [3.63, 3.8) is 0 Å². The second-order valence-electron chi connectivity index (χ2n) is 5.31. The molecule has 1 aromatic carbocycles. The van der Waals surface area contributed by atoms with Gasteiger partial charge in [-0.3, -0.25) is 4.79 Å². The van der Waals surface area contributed by atoms with E-state index in [1.54, 1.807) is 0 Å². The van der Waals surface area contributed by atoms with Crippen LogP contribution in [0.4, 0.5) is 0 Å². The van der Waals surface area contributed by atoms with Crippen LogP contribution in [0, 0.1) is 0 Å². The lowest BCUT2D eigenvalue weighted by Crippen LogP contribution is -2.46. The molecule has 0 saturated carbocycles. The first-order valence-electron chi connectivity index (χ1n) is 6.97. The van der Waals surface area contributed by atoms with E-state index in [-0.39, 0.29) is 11.9 Å². The lowest BCUT2D eigenvalue weighted by molar-refractivity contribution is 0.0912. The summed E-state index contributed by atoms with van der Waals surface area (Å²) < 4.78 is 0. The standard InChI is InChI=1S/C15H23N3O/c1-18-9-3-6-14(11-18)17-15(19)13-5-2-4-12(10-13)7-8-16/h2,4-5,10,14H,3,6-9,11,16H2,1H3,(H,17,19). The Balaban J connectivity index is 1.97. The first kappa shape index (κ1) is 14.0. The van der Waals surface area contributed by atoms with E-state index < -0.39 is 0 Å². The van der Waals surface area contributed by atoms with Crippen LogP contribution in [-0.4, -0.2) is 43.5 Å². The smallest absolute Gasteiger partial charge is 0.251 e. The number of piperidine rings is 1. The van der Waals surface area contributed by atoms with Gasteiger partial charge in [0.15, 0.2) is 0 Å². The zero-order chi connectivity index (χ0) is 13.7. The van der Waals surface area contributed by atoms with Crippen LogP contribution in [0.1, 0.15) is 28.8 Å². The van der Waals surface area contributed by atoms with Gasteiger partial charge < -0.3 is 16.0 Å². The second-order valence-corrected chi connectivity index (χ2v) is 5.31. The zero-order valence-corrected chi connectivity index (χ0v) is 11.6. The van der Waals surface area contributed by atoms with Crippen molar-refractivity contribution in [2.24, 2.45) is 5.73 Å². The number of amides is 1. The average Bonchev–Trinajstić information content (AvgIpc) is 2.39. The number of carbonyl (C=O) groups excluding carboxylic acids is 1. The molecule has 0 spiro atoms. The van der Waals surface area contributed by atoms with Gasteiger partial charge >= 0.3 is 0 Å². The Morgan fingerprint density at radius 2 is 2.37 bits per heavy atom. The van der Waals surface area contributed by atoms with Gasteiger partial charge in [-0.05, 0) is 57.1 Å². The van der Waals surface area contributed by atoms with Crippen molar-refractivity contribution in [1.29, 1.82) is 0 Å². The molecule has 1 heterocycles. The average molecular weight is 261 g/mol. The summed E-state index contributed by atoms with van der Waals surface area (Å²) in [5.74, 6) is 0.0270. The van der Waals surface area contributed by atoms with Crippen LogP contribution in [0.25, 0.3) is 0 Å². The van der Waals surface area contributed by atoms with E-state index in [0.29, 0.717) is 6.54 Å². The number of likely N-dealkylation sites (N-methyl/N-ethyl adjacent to an activating group) is 1. The highest BCUT2D eigenvalue weighted by Gasteiger charge is 2.19. The number of nitrogens with one attached hydrogen (secondary N) is 1. The highest BCUT2D eigenvalue weighted by Crippen LogP contribution is 2.10. The first-order valence-corrected chi connectivity index (χ1v) is 6.97. The second kappa shape index (κ2) is 6.68. The quantitative estimate of drug-likeness (QED) is 0.850. The zero-order valence-electron chi connectivity index (χ0n) is 11.6. The molecule has 4 heteroatoms. The fourth-order valence-corrected chi connectivity index (χ4v) is 2.59. The first-order chi connectivity index (χ1) is 9.19. The highest BCUT2D eigenvalue weighted by molar-refractivity contribution is 5.94. The summed E-state index contributed by atoms with van der Waals surface area (Å²) >= 11 is 0. The van der Waals surface area contributed by atoms with Crippen molar-refractivity contribution in [3.05, 3.63) is 35.4 Å². The summed E-state index contributed by atoms with van der Waals surface area (Å²) in [7, 11) is 2.10. The summed E-state index contributed by atoms with van der Waals surface area (Å²) in [6.07, 6.45) is 3.03. The Kier molecular flexibility index (Phi) is 4.93. The normalized spacial score (nSPS) is 20.2. The summed E-state index contributed by atoms with van der Waals surface area (Å²) in [6.45, 7) is 2.67. The van der Waals surface area contributed by atoms with Crippen LogP contribution in [0.15, 0.2) is 24.3 Å². The van der Waals surface area contributed by atoms with E-state index in [1.807, 2.05) is 24.3 Å². The van der Waals surface area contributed by atoms with Gasteiger partial charge in [-0.2, -0.15) is 0 Å². The molecule has 1 aromatic rings. The van der Waals surface area contributed by atoms with Crippen molar-refractivity contribution < 1.29 is 4.79 Å². The summed E-state index contributed by atoms with van der Waals surface area (Å²) in [5, 5.41) is 3.12. The molecular formula is C15H23N3O. The third-order valence-corrected chi connectivity index (χ3v) is 3.58. The van der Waals surface area contributed by atoms with Crippen molar-refractivity contribution >= 4 is 5.91 Å².